The summed E-state index contributed by atoms with van der Waals surface area (Å²) in [5.74, 6) is 0.553. The predicted octanol–water partition coefficient (Wildman–Crippen LogP) is 0.895. The largest absolute Gasteiger partial charge is 0.323 e. The molecular weight excluding hydrogens is 262 g/mol. The van der Waals surface area contributed by atoms with Gasteiger partial charge < -0.3 is 5.73 Å². The Labute approximate surface area is 113 Å². The van der Waals surface area contributed by atoms with Crippen molar-refractivity contribution in [3.05, 3.63) is 30.1 Å². The third-order valence-corrected chi connectivity index (χ3v) is 6.18. The molecule has 1 saturated heterocycles. The number of hydrogen-bond donors (Lipinski definition) is 1. The second-order valence-electron chi connectivity index (χ2n) is 5.57. The van der Waals surface area contributed by atoms with E-state index in [0.29, 0.717) is 12.5 Å². The van der Waals surface area contributed by atoms with E-state index < -0.39 is 16.1 Å². The Hall–Kier alpha value is -0.980. The third kappa shape index (κ3) is 2.52. The highest BCUT2D eigenvalue weighted by molar-refractivity contribution is 7.89. The van der Waals surface area contributed by atoms with Crippen LogP contribution >= 0.6 is 0 Å². The van der Waals surface area contributed by atoms with Crippen LogP contribution in [0.25, 0.3) is 0 Å². The summed E-state index contributed by atoms with van der Waals surface area (Å²) in [6, 6.07) is 3.29. The molecule has 1 aliphatic carbocycles. The maximum absolute atomic E-state index is 12.4. The molecule has 2 N–H and O–H groups in total. The van der Waals surface area contributed by atoms with Crippen molar-refractivity contribution in [1.29, 1.82) is 0 Å². The molecule has 104 valence electrons. The number of nitrogens with two attached hydrogens (primary N) is 1. The summed E-state index contributed by atoms with van der Waals surface area (Å²) in [5, 5.41) is 0. The van der Waals surface area contributed by atoms with Crippen LogP contribution in [0.5, 0.6) is 0 Å². The standard InChI is InChI=1S/C13H19N3O2S/c14-13(11-3-5-15-6-4-11)9-19(17,18)16-8-10-1-2-12(16)7-10/h3-6,10,12-13H,1-2,7-9,14H2. The van der Waals surface area contributed by atoms with Gasteiger partial charge in [0, 0.05) is 31.0 Å². The average Bonchev–Trinajstić information content (AvgIpc) is 3.02. The molecule has 0 amide bonds. The monoisotopic (exact) mass is 281 g/mol. The normalized spacial score (nSPS) is 28.7. The van der Waals surface area contributed by atoms with Crippen molar-refractivity contribution in [2.45, 2.75) is 31.3 Å². The van der Waals surface area contributed by atoms with Gasteiger partial charge in [0.05, 0.1) is 5.75 Å². The second-order valence-corrected chi connectivity index (χ2v) is 7.53. The van der Waals surface area contributed by atoms with Crippen molar-refractivity contribution in [1.82, 2.24) is 9.29 Å². The van der Waals surface area contributed by atoms with Crippen LogP contribution in [-0.2, 0) is 10.0 Å². The fraction of sp³-hybridized carbons (Fsp3) is 0.615. The first-order valence-corrected chi connectivity index (χ1v) is 8.32. The SMILES string of the molecule is NC(CS(=O)(=O)N1CC2CCC1C2)c1ccncc1. The van der Waals surface area contributed by atoms with Gasteiger partial charge in [-0.25, -0.2) is 8.42 Å². The Morgan fingerprint density at radius 1 is 1.37 bits per heavy atom. The number of piperidine rings is 1. The average molecular weight is 281 g/mol. The topological polar surface area (TPSA) is 76.3 Å². The predicted molar refractivity (Wildman–Crippen MR) is 72.8 cm³/mol. The molecule has 1 aromatic rings. The first-order valence-electron chi connectivity index (χ1n) is 6.71. The smallest absolute Gasteiger partial charge is 0.216 e. The molecule has 19 heavy (non-hydrogen) atoms. The van der Waals surface area contributed by atoms with Crippen molar-refractivity contribution in [2.24, 2.45) is 11.7 Å². The van der Waals surface area contributed by atoms with Crippen LogP contribution in [0.1, 0.15) is 30.9 Å². The van der Waals surface area contributed by atoms with Crippen LogP contribution in [0.15, 0.2) is 24.5 Å². The van der Waals surface area contributed by atoms with Crippen molar-refractivity contribution in [3.8, 4) is 0 Å². The van der Waals surface area contributed by atoms with Crippen LogP contribution < -0.4 is 5.73 Å². The van der Waals surface area contributed by atoms with E-state index in [1.54, 1.807) is 28.8 Å². The fourth-order valence-electron chi connectivity index (χ4n) is 3.25. The lowest BCUT2D eigenvalue weighted by atomic mass is 10.1. The van der Waals surface area contributed by atoms with Crippen LogP contribution in [0, 0.1) is 5.92 Å². The summed E-state index contributed by atoms with van der Waals surface area (Å²) in [6.07, 6.45) is 6.49. The van der Waals surface area contributed by atoms with E-state index in [2.05, 4.69) is 4.98 Å². The molecule has 3 rings (SSSR count). The van der Waals surface area contributed by atoms with Crippen LogP contribution in [0.4, 0.5) is 0 Å². The van der Waals surface area contributed by atoms with Gasteiger partial charge in [0.25, 0.3) is 0 Å². The van der Waals surface area contributed by atoms with Crippen molar-refractivity contribution in [3.63, 3.8) is 0 Å². The van der Waals surface area contributed by atoms with Gasteiger partial charge in [0.1, 0.15) is 0 Å². The molecule has 2 aliphatic rings. The van der Waals surface area contributed by atoms with Crippen LogP contribution in [0.3, 0.4) is 0 Å². The molecule has 5 nitrogen and oxygen atoms in total. The Morgan fingerprint density at radius 2 is 2.11 bits per heavy atom. The quantitative estimate of drug-likeness (QED) is 0.889. The second kappa shape index (κ2) is 4.85. The lowest BCUT2D eigenvalue weighted by molar-refractivity contribution is 0.332. The molecule has 2 bridgehead atoms. The van der Waals surface area contributed by atoms with Crippen molar-refractivity contribution < 1.29 is 8.42 Å². The highest BCUT2D eigenvalue weighted by Crippen LogP contribution is 2.39. The maximum atomic E-state index is 12.4. The van der Waals surface area contributed by atoms with Gasteiger partial charge in [-0.1, -0.05) is 0 Å². The minimum atomic E-state index is -3.25. The number of fused-ring (bicyclic) bond motifs is 2. The van der Waals surface area contributed by atoms with E-state index in [1.165, 1.54) is 6.42 Å². The van der Waals surface area contributed by atoms with Gasteiger partial charge in [0.2, 0.25) is 10.0 Å². The number of pyridine rings is 1. The number of nitrogens with zero attached hydrogens (tertiary/aromatic N) is 2. The van der Waals surface area contributed by atoms with E-state index in [-0.39, 0.29) is 11.8 Å². The number of aromatic nitrogens is 1. The first-order chi connectivity index (χ1) is 9.06. The summed E-state index contributed by atoms with van der Waals surface area (Å²) in [4.78, 5) is 3.92. The van der Waals surface area contributed by atoms with E-state index >= 15 is 0 Å². The fourth-order valence-corrected chi connectivity index (χ4v) is 5.17. The first kappa shape index (κ1) is 13.0. The van der Waals surface area contributed by atoms with Gasteiger partial charge in [-0.05, 0) is 42.9 Å². The number of hydrogen-bond acceptors (Lipinski definition) is 4. The molecule has 2 heterocycles. The third-order valence-electron chi connectivity index (χ3n) is 4.24. The summed E-state index contributed by atoms with van der Waals surface area (Å²) < 4.78 is 26.6. The van der Waals surface area contributed by atoms with Gasteiger partial charge >= 0.3 is 0 Å². The molecule has 0 aromatic carbocycles. The van der Waals surface area contributed by atoms with Gasteiger partial charge in [-0.15, -0.1) is 0 Å². The Bertz CT molecular complexity index is 546. The Balaban J connectivity index is 1.72. The molecule has 1 aliphatic heterocycles. The zero-order valence-corrected chi connectivity index (χ0v) is 11.6. The summed E-state index contributed by atoms with van der Waals surface area (Å²) >= 11 is 0. The zero-order chi connectivity index (χ0) is 13.5. The summed E-state index contributed by atoms with van der Waals surface area (Å²) in [7, 11) is -3.25. The molecule has 1 saturated carbocycles. The van der Waals surface area contributed by atoms with Gasteiger partial charge in [-0.3, -0.25) is 4.98 Å². The van der Waals surface area contributed by atoms with E-state index in [1.807, 2.05) is 0 Å². The van der Waals surface area contributed by atoms with Crippen molar-refractivity contribution in [2.75, 3.05) is 12.3 Å². The van der Waals surface area contributed by atoms with Gasteiger partial charge in [-0.2, -0.15) is 4.31 Å². The molecule has 3 atom stereocenters. The molecule has 1 aromatic heterocycles. The number of rotatable bonds is 4. The lowest BCUT2D eigenvalue weighted by Crippen LogP contribution is -2.41. The maximum Gasteiger partial charge on any atom is 0.216 e. The van der Waals surface area contributed by atoms with E-state index in [9.17, 15) is 8.42 Å². The minimum Gasteiger partial charge on any atom is -0.323 e. The molecule has 3 unspecified atom stereocenters. The molecular formula is C13H19N3O2S. The number of sulfonamides is 1. The highest BCUT2D eigenvalue weighted by atomic mass is 32.2. The van der Waals surface area contributed by atoms with E-state index in [4.69, 9.17) is 5.73 Å². The van der Waals surface area contributed by atoms with Crippen LogP contribution in [-0.4, -0.2) is 36.0 Å². The Morgan fingerprint density at radius 3 is 2.68 bits per heavy atom. The molecule has 2 fully saturated rings. The summed E-state index contributed by atoms with van der Waals surface area (Å²) in [6.45, 7) is 0.691. The van der Waals surface area contributed by atoms with Crippen LogP contribution in [0.2, 0.25) is 0 Å². The Kier molecular flexibility index (Phi) is 3.32. The summed E-state index contributed by atoms with van der Waals surface area (Å²) in [5.41, 5.74) is 6.84. The van der Waals surface area contributed by atoms with Crippen molar-refractivity contribution >= 4 is 10.0 Å². The van der Waals surface area contributed by atoms with E-state index in [0.717, 1.165) is 18.4 Å². The van der Waals surface area contributed by atoms with Gasteiger partial charge in [0.15, 0.2) is 0 Å². The molecule has 0 radical (unpaired) electrons. The molecule has 6 heteroatoms. The zero-order valence-electron chi connectivity index (χ0n) is 10.8. The highest BCUT2D eigenvalue weighted by Gasteiger charge is 2.43. The molecule has 0 spiro atoms. The lowest BCUT2D eigenvalue weighted by Gasteiger charge is -2.27. The minimum absolute atomic E-state index is 0.0137.